The summed E-state index contributed by atoms with van der Waals surface area (Å²) in [7, 11) is 0. The highest BCUT2D eigenvalue weighted by molar-refractivity contribution is 5.29. The third-order valence-corrected chi connectivity index (χ3v) is 2.67. The predicted molar refractivity (Wildman–Crippen MR) is 65.5 cm³/mol. The van der Waals surface area contributed by atoms with Gasteiger partial charge in [-0.2, -0.15) is 0 Å². The second kappa shape index (κ2) is 5.98. The summed E-state index contributed by atoms with van der Waals surface area (Å²) in [5.74, 6) is -0.0436. The van der Waals surface area contributed by atoms with Crippen molar-refractivity contribution >= 4 is 0 Å². The lowest BCUT2D eigenvalue weighted by atomic mass is 9.99. The lowest BCUT2D eigenvalue weighted by molar-refractivity contribution is 0.187. The molecule has 96 valence electrons. The van der Waals surface area contributed by atoms with Crippen molar-refractivity contribution in [2.75, 3.05) is 13.2 Å². The van der Waals surface area contributed by atoms with E-state index in [1.165, 1.54) is 0 Å². The van der Waals surface area contributed by atoms with E-state index in [0.29, 0.717) is 25.0 Å². The Kier molecular flexibility index (Phi) is 4.90. The van der Waals surface area contributed by atoms with Gasteiger partial charge in [-0.3, -0.25) is 0 Å². The van der Waals surface area contributed by atoms with Crippen LogP contribution in [-0.4, -0.2) is 23.9 Å². The van der Waals surface area contributed by atoms with Crippen molar-refractivity contribution in [3.8, 4) is 5.75 Å². The normalized spacial score (nSPS) is 14.4. The van der Waals surface area contributed by atoms with Gasteiger partial charge < -0.3 is 15.6 Å². The zero-order chi connectivity index (χ0) is 12.9. The van der Waals surface area contributed by atoms with E-state index in [4.69, 9.17) is 15.6 Å². The number of halogens is 1. The van der Waals surface area contributed by atoms with Crippen LogP contribution in [0.15, 0.2) is 18.2 Å². The van der Waals surface area contributed by atoms with E-state index in [9.17, 15) is 4.39 Å². The van der Waals surface area contributed by atoms with E-state index in [0.717, 1.165) is 0 Å². The number of hydrogen-bond donors (Lipinski definition) is 2. The molecule has 0 bridgehead atoms. The molecule has 0 aromatic heterocycles. The van der Waals surface area contributed by atoms with Crippen LogP contribution in [0.25, 0.3) is 0 Å². The number of aliphatic hydroxyl groups excluding tert-OH is 1. The van der Waals surface area contributed by atoms with E-state index in [1.807, 2.05) is 0 Å². The van der Waals surface area contributed by atoms with Crippen molar-refractivity contribution in [1.29, 1.82) is 0 Å². The Bertz CT molecular complexity index is 366. The van der Waals surface area contributed by atoms with Crippen molar-refractivity contribution < 1.29 is 14.2 Å². The third-order valence-electron chi connectivity index (χ3n) is 2.67. The van der Waals surface area contributed by atoms with Gasteiger partial charge in [-0.25, -0.2) is 4.39 Å². The smallest absolute Gasteiger partial charge is 0.167 e. The topological polar surface area (TPSA) is 55.5 Å². The van der Waals surface area contributed by atoms with Gasteiger partial charge in [-0.05, 0) is 38.3 Å². The SMILES string of the molecule is Cc1cccc(OCCCC(C)(N)CO)c1F. The minimum Gasteiger partial charge on any atom is -0.491 e. The first-order chi connectivity index (χ1) is 7.96. The standard InChI is InChI=1S/C13H20FNO2/c1-10-5-3-6-11(12(10)14)17-8-4-7-13(2,15)9-16/h3,5-6,16H,4,7-9,15H2,1-2H3. The zero-order valence-corrected chi connectivity index (χ0v) is 10.4. The predicted octanol–water partition coefficient (Wildman–Crippen LogP) is 2.00. The summed E-state index contributed by atoms with van der Waals surface area (Å²) >= 11 is 0. The molecule has 0 spiro atoms. The van der Waals surface area contributed by atoms with Gasteiger partial charge in [0.05, 0.1) is 13.2 Å². The number of benzene rings is 1. The van der Waals surface area contributed by atoms with Gasteiger partial charge in [0.1, 0.15) is 0 Å². The quantitative estimate of drug-likeness (QED) is 0.749. The molecule has 0 fully saturated rings. The van der Waals surface area contributed by atoms with Gasteiger partial charge in [0.15, 0.2) is 11.6 Å². The molecule has 1 unspecified atom stereocenters. The average molecular weight is 241 g/mol. The van der Waals surface area contributed by atoms with Gasteiger partial charge >= 0.3 is 0 Å². The van der Waals surface area contributed by atoms with E-state index in [1.54, 1.807) is 32.0 Å². The Morgan fingerprint density at radius 2 is 2.18 bits per heavy atom. The second-order valence-corrected chi connectivity index (χ2v) is 4.65. The van der Waals surface area contributed by atoms with Crippen LogP contribution in [0.2, 0.25) is 0 Å². The van der Waals surface area contributed by atoms with Crippen molar-refractivity contribution in [1.82, 2.24) is 0 Å². The molecular formula is C13H20FNO2. The van der Waals surface area contributed by atoms with E-state index in [-0.39, 0.29) is 18.2 Å². The molecule has 17 heavy (non-hydrogen) atoms. The Morgan fingerprint density at radius 1 is 1.47 bits per heavy atom. The molecule has 1 atom stereocenters. The minimum atomic E-state index is -0.589. The maximum atomic E-state index is 13.5. The van der Waals surface area contributed by atoms with Crippen molar-refractivity contribution in [2.24, 2.45) is 5.73 Å². The van der Waals surface area contributed by atoms with Crippen LogP contribution in [0.1, 0.15) is 25.3 Å². The maximum absolute atomic E-state index is 13.5. The maximum Gasteiger partial charge on any atom is 0.167 e. The van der Waals surface area contributed by atoms with Crippen LogP contribution in [0, 0.1) is 12.7 Å². The van der Waals surface area contributed by atoms with Gasteiger partial charge in [-0.15, -0.1) is 0 Å². The van der Waals surface area contributed by atoms with Crippen LogP contribution in [0.3, 0.4) is 0 Å². The molecule has 1 rings (SSSR count). The fourth-order valence-corrected chi connectivity index (χ4v) is 1.47. The van der Waals surface area contributed by atoms with Crippen LogP contribution in [0.5, 0.6) is 5.75 Å². The van der Waals surface area contributed by atoms with Crippen LogP contribution >= 0.6 is 0 Å². The molecule has 0 saturated carbocycles. The molecule has 0 heterocycles. The highest BCUT2D eigenvalue weighted by Crippen LogP contribution is 2.20. The number of ether oxygens (including phenoxy) is 1. The molecule has 0 aliphatic heterocycles. The minimum absolute atomic E-state index is 0.0637. The second-order valence-electron chi connectivity index (χ2n) is 4.65. The molecule has 0 saturated heterocycles. The van der Waals surface area contributed by atoms with Gasteiger partial charge in [0.2, 0.25) is 0 Å². The molecule has 0 aliphatic carbocycles. The Morgan fingerprint density at radius 3 is 2.82 bits per heavy atom. The molecule has 1 aromatic rings. The first-order valence-corrected chi connectivity index (χ1v) is 5.74. The summed E-state index contributed by atoms with van der Waals surface area (Å²) in [4.78, 5) is 0. The first-order valence-electron chi connectivity index (χ1n) is 5.74. The lowest BCUT2D eigenvalue weighted by Crippen LogP contribution is -2.40. The largest absolute Gasteiger partial charge is 0.491 e. The molecular weight excluding hydrogens is 221 g/mol. The summed E-state index contributed by atoms with van der Waals surface area (Å²) < 4.78 is 18.9. The van der Waals surface area contributed by atoms with Crippen LogP contribution in [0.4, 0.5) is 4.39 Å². The van der Waals surface area contributed by atoms with E-state index < -0.39 is 5.54 Å². The number of nitrogens with two attached hydrogens (primary N) is 1. The van der Waals surface area contributed by atoms with Crippen LogP contribution in [-0.2, 0) is 0 Å². The lowest BCUT2D eigenvalue weighted by Gasteiger charge is -2.21. The van der Waals surface area contributed by atoms with Crippen LogP contribution < -0.4 is 10.5 Å². The van der Waals surface area contributed by atoms with Gasteiger partial charge in [0, 0.05) is 5.54 Å². The summed E-state index contributed by atoms with van der Waals surface area (Å²) in [5.41, 5.74) is 5.75. The molecule has 1 aromatic carbocycles. The molecule has 0 radical (unpaired) electrons. The number of aliphatic hydroxyl groups is 1. The molecule has 3 N–H and O–H groups in total. The fraction of sp³-hybridized carbons (Fsp3) is 0.538. The van der Waals surface area contributed by atoms with Gasteiger partial charge in [-0.1, -0.05) is 12.1 Å². The first kappa shape index (κ1) is 13.9. The highest BCUT2D eigenvalue weighted by atomic mass is 19.1. The summed E-state index contributed by atoms with van der Waals surface area (Å²) in [5, 5.41) is 8.97. The van der Waals surface area contributed by atoms with E-state index in [2.05, 4.69) is 0 Å². The number of aryl methyl sites for hydroxylation is 1. The van der Waals surface area contributed by atoms with Crippen molar-refractivity contribution in [3.63, 3.8) is 0 Å². The fourth-order valence-electron chi connectivity index (χ4n) is 1.47. The molecule has 0 amide bonds. The zero-order valence-electron chi connectivity index (χ0n) is 10.4. The Labute approximate surface area is 101 Å². The van der Waals surface area contributed by atoms with Gasteiger partial charge in [0.25, 0.3) is 0 Å². The highest BCUT2D eigenvalue weighted by Gasteiger charge is 2.16. The average Bonchev–Trinajstić information content (AvgIpc) is 2.30. The number of rotatable bonds is 6. The molecule has 0 aliphatic rings. The summed E-state index contributed by atoms with van der Waals surface area (Å²) in [6, 6.07) is 5.06. The third kappa shape index (κ3) is 4.32. The number of hydrogen-bond acceptors (Lipinski definition) is 3. The summed E-state index contributed by atoms with van der Waals surface area (Å²) in [6.07, 6.45) is 1.32. The van der Waals surface area contributed by atoms with E-state index >= 15 is 0 Å². The Hall–Kier alpha value is -1.13. The van der Waals surface area contributed by atoms with Crippen molar-refractivity contribution in [3.05, 3.63) is 29.6 Å². The molecule has 4 heteroatoms. The molecule has 3 nitrogen and oxygen atoms in total. The summed E-state index contributed by atoms with van der Waals surface area (Å²) in [6.45, 7) is 3.81. The monoisotopic (exact) mass is 241 g/mol. The Balaban J connectivity index is 2.39. The van der Waals surface area contributed by atoms with Crippen molar-refractivity contribution in [2.45, 2.75) is 32.2 Å².